The largest absolute Gasteiger partial charge is 0.360 e. The molecule has 1 aromatic heterocycles. The lowest BCUT2D eigenvalue weighted by Gasteiger charge is -1.97. The van der Waals surface area contributed by atoms with Crippen molar-refractivity contribution in [3.63, 3.8) is 0 Å². The summed E-state index contributed by atoms with van der Waals surface area (Å²) in [6.45, 7) is 0. The summed E-state index contributed by atoms with van der Waals surface area (Å²) in [6.07, 6.45) is 1.42. The highest BCUT2D eigenvalue weighted by Gasteiger charge is 2.16. The zero-order valence-corrected chi connectivity index (χ0v) is 7.75. The molecule has 0 fully saturated rings. The van der Waals surface area contributed by atoms with Gasteiger partial charge in [0.1, 0.15) is 0 Å². The minimum atomic E-state index is -1.45. The Balaban J connectivity index is 2.97. The van der Waals surface area contributed by atoms with Gasteiger partial charge in [-0.25, -0.2) is 13.2 Å². The van der Waals surface area contributed by atoms with Crippen LogP contribution in [-0.2, 0) is 0 Å². The summed E-state index contributed by atoms with van der Waals surface area (Å²) < 4.78 is 38.9. The van der Waals surface area contributed by atoms with E-state index >= 15 is 0 Å². The Morgan fingerprint density at radius 2 is 1.85 bits per heavy atom. The van der Waals surface area contributed by atoms with Crippen LogP contribution in [0.25, 0.3) is 10.9 Å². The van der Waals surface area contributed by atoms with Crippen LogP contribution in [0.15, 0.2) is 16.7 Å². The average Bonchev–Trinajstić information content (AvgIpc) is 2.43. The van der Waals surface area contributed by atoms with Crippen LogP contribution in [0.4, 0.5) is 13.2 Å². The molecule has 0 atom stereocenters. The van der Waals surface area contributed by atoms with Gasteiger partial charge < -0.3 is 4.98 Å². The lowest BCUT2D eigenvalue weighted by molar-refractivity contribution is 0.453. The molecule has 2 aromatic rings. The van der Waals surface area contributed by atoms with Gasteiger partial charge in [-0.05, 0) is 15.9 Å². The number of hydrogen-bond acceptors (Lipinski definition) is 0. The fourth-order valence-electron chi connectivity index (χ4n) is 1.16. The zero-order chi connectivity index (χ0) is 9.59. The summed E-state index contributed by atoms with van der Waals surface area (Å²) in [7, 11) is 0. The van der Waals surface area contributed by atoms with Crippen molar-refractivity contribution >= 4 is 26.8 Å². The zero-order valence-electron chi connectivity index (χ0n) is 6.17. The molecular formula is C8H3BrF3N. The van der Waals surface area contributed by atoms with Crippen molar-refractivity contribution in [2.24, 2.45) is 0 Å². The number of hydrogen-bond donors (Lipinski definition) is 1. The van der Waals surface area contributed by atoms with Crippen LogP contribution in [0, 0.1) is 17.5 Å². The summed E-state index contributed by atoms with van der Waals surface area (Å²) in [6, 6.07) is 0.915. The van der Waals surface area contributed by atoms with Crippen LogP contribution >= 0.6 is 15.9 Å². The van der Waals surface area contributed by atoms with E-state index in [-0.39, 0.29) is 10.9 Å². The van der Waals surface area contributed by atoms with Crippen LogP contribution in [0.3, 0.4) is 0 Å². The number of fused-ring (bicyclic) bond motifs is 1. The first kappa shape index (κ1) is 8.62. The second-order valence-electron chi connectivity index (χ2n) is 2.55. The second kappa shape index (κ2) is 2.77. The quantitative estimate of drug-likeness (QED) is 0.690. The molecule has 0 radical (unpaired) electrons. The number of aromatic amines is 1. The summed E-state index contributed by atoms with van der Waals surface area (Å²) in [5, 5.41) is 0.0268. The van der Waals surface area contributed by atoms with Crippen LogP contribution < -0.4 is 0 Å². The van der Waals surface area contributed by atoms with Crippen LogP contribution in [-0.4, -0.2) is 4.98 Å². The van der Waals surface area contributed by atoms with E-state index in [9.17, 15) is 13.2 Å². The molecule has 5 heteroatoms. The third-order valence-electron chi connectivity index (χ3n) is 1.76. The Hall–Kier alpha value is -0.970. The summed E-state index contributed by atoms with van der Waals surface area (Å²) >= 11 is 3.02. The minimum Gasteiger partial charge on any atom is -0.360 e. The predicted molar refractivity (Wildman–Crippen MR) is 45.9 cm³/mol. The number of benzene rings is 1. The maximum absolute atomic E-state index is 13.1. The molecule has 68 valence electrons. The van der Waals surface area contributed by atoms with E-state index in [0.29, 0.717) is 4.47 Å². The molecule has 0 saturated carbocycles. The van der Waals surface area contributed by atoms with Gasteiger partial charge in [0.05, 0.1) is 10.9 Å². The van der Waals surface area contributed by atoms with Gasteiger partial charge in [-0.1, -0.05) is 0 Å². The Labute approximate surface area is 79.7 Å². The summed E-state index contributed by atoms with van der Waals surface area (Å²) in [5.41, 5.74) is 0.225. The fourth-order valence-corrected chi connectivity index (χ4v) is 1.66. The van der Waals surface area contributed by atoms with Crippen LogP contribution in [0.5, 0.6) is 0 Å². The topological polar surface area (TPSA) is 15.8 Å². The average molecular weight is 250 g/mol. The van der Waals surface area contributed by atoms with Crippen molar-refractivity contribution in [2.75, 3.05) is 0 Å². The SMILES string of the molecule is Fc1cc2[nH]cc(Br)c2c(F)c1F. The van der Waals surface area contributed by atoms with E-state index in [1.165, 1.54) is 6.20 Å². The van der Waals surface area contributed by atoms with Crippen LogP contribution in [0.2, 0.25) is 0 Å². The molecule has 0 aliphatic heterocycles. The Morgan fingerprint density at radius 1 is 1.15 bits per heavy atom. The highest BCUT2D eigenvalue weighted by molar-refractivity contribution is 9.10. The Morgan fingerprint density at radius 3 is 2.54 bits per heavy atom. The third kappa shape index (κ3) is 1.14. The van der Waals surface area contributed by atoms with E-state index in [0.717, 1.165) is 6.07 Å². The van der Waals surface area contributed by atoms with Gasteiger partial charge in [-0.15, -0.1) is 0 Å². The smallest absolute Gasteiger partial charge is 0.195 e. The molecule has 1 heterocycles. The first-order valence-electron chi connectivity index (χ1n) is 3.41. The first-order valence-corrected chi connectivity index (χ1v) is 4.20. The van der Waals surface area contributed by atoms with Gasteiger partial charge in [0, 0.05) is 16.7 Å². The fraction of sp³-hybridized carbons (Fsp3) is 0. The number of nitrogens with one attached hydrogen (secondary N) is 1. The highest BCUT2D eigenvalue weighted by atomic mass is 79.9. The van der Waals surface area contributed by atoms with E-state index in [2.05, 4.69) is 20.9 Å². The van der Waals surface area contributed by atoms with Crippen molar-refractivity contribution < 1.29 is 13.2 Å². The third-order valence-corrected chi connectivity index (χ3v) is 2.38. The van der Waals surface area contributed by atoms with Gasteiger partial charge in [0.25, 0.3) is 0 Å². The standard InChI is InChI=1S/C8H3BrF3N/c9-3-2-13-5-1-4(10)7(11)8(12)6(3)5/h1-2,13H. The Kier molecular flexibility index (Phi) is 1.83. The number of H-pyrrole nitrogens is 1. The number of halogens is 4. The predicted octanol–water partition coefficient (Wildman–Crippen LogP) is 3.35. The van der Waals surface area contributed by atoms with Crippen LogP contribution in [0.1, 0.15) is 0 Å². The van der Waals surface area contributed by atoms with E-state index < -0.39 is 17.5 Å². The molecule has 0 aliphatic rings. The number of aromatic nitrogens is 1. The lowest BCUT2D eigenvalue weighted by atomic mass is 10.2. The molecule has 1 nitrogen and oxygen atoms in total. The monoisotopic (exact) mass is 249 g/mol. The van der Waals surface area contributed by atoms with Gasteiger partial charge in [0.2, 0.25) is 0 Å². The summed E-state index contributed by atoms with van der Waals surface area (Å²) in [4.78, 5) is 2.60. The van der Waals surface area contributed by atoms with E-state index in [4.69, 9.17) is 0 Å². The van der Waals surface area contributed by atoms with E-state index in [1.54, 1.807) is 0 Å². The van der Waals surface area contributed by atoms with Gasteiger partial charge in [0.15, 0.2) is 17.5 Å². The van der Waals surface area contributed by atoms with Crippen molar-refractivity contribution in [3.8, 4) is 0 Å². The molecule has 2 rings (SSSR count). The van der Waals surface area contributed by atoms with Gasteiger partial charge in [-0.2, -0.15) is 0 Å². The van der Waals surface area contributed by atoms with Gasteiger partial charge >= 0.3 is 0 Å². The normalized spacial score (nSPS) is 11.1. The second-order valence-corrected chi connectivity index (χ2v) is 3.40. The molecule has 0 saturated heterocycles. The molecule has 0 bridgehead atoms. The van der Waals surface area contributed by atoms with Gasteiger partial charge in [-0.3, -0.25) is 0 Å². The lowest BCUT2D eigenvalue weighted by Crippen LogP contribution is -1.90. The van der Waals surface area contributed by atoms with E-state index in [1.807, 2.05) is 0 Å². The number of rotatable bonds is 0. The molecule has 1 N–H and O–H groups in total. The van der Waals surface area contributed by atoms with Crippen molar-refractivity contribution in [3.05, 3.63) is 34.2 Å². The summed E-state index contributed by atoms with van der Waals surface area (Å²) in [5.74, 6) is -3.82. The Bertz CT molecular complexity index is 478. The molecule has 0 amide bonds. The molecule has 1 aromatic carbocycles. The molecule has 0 spiro atoms. The molecule has 0 unspecified atom stereocenters. The van der Waals surface area contributed by atoms with Crippen molar-refractivity contribution in [2.45, 2.75) is 0 Å². The maximum atomic E-state index is 13.1. The molecule has 13 heavy (non-hydrogen) atoms. The van der Waals surface area contributed by atoms with Crippen molar-refractivity contribution in [1.82, 2.24) is 4.98 Å². The maximum Gasteiger partial charge on any atom is 0.195 e. The highest BCUT2D eigenvalue weighted by Crippen LogP contribution is 2.28. The molecular weight excluding hydrogens is 247 g/mol. The first-order chi connectivity index (χ1) is 6.11. The minimum absolute atomic E-state index is 0.0268. The molecule has 0 aliphatic carbocycles. The van der Waals surface area contributed by atoms with Crippen molar-refractivity contribution in [1.29, 1.82) is 0 Å².